The Kier molecular flexibility index (Phi) is 8.75. The number of carbonyl (C=O) groups is 2. The number of carbonyl (C=O) groups excluding carboxylic acids is 2. The van der Waals surface area contributed by atoms with Crippen LogP contribution in [0.3, 0.4) is 0 Å². The maximum absolute atomic E-state index is 13.6. The van der Waals surface area contributed by atoms with E-state index >= 15 is 0 Å². The normalized spacial score (nSPS) is 11.1. The van der Waals surface area contributed by atoms with Crippen LogP contribution in [-0.2, 0) is 4.79 Å². The fraction of sp³-hybridized carbons (Fsp3) is 0.115. The first kappa shape index (κ1) is 27.8. The zero-order chi connectivity index (χ0) is 26.5. The van der Waals surface area contributed by atoms with Crippen LogP contribution in [0.5, 0.6) is 5.75 Å². The van der Waals surface area contributed by atoms with E-state index in [9.17, 15) is 24.3 Å². The van der Waals surface area contributed by atoms with Gasteiger partial charge in [0.2, 0.25) is 11.7 Å². The number of aromatic hydroxyl groups is 1. The Morgan fingerprint density at radius 2 is 1.95 bits per heavy atom. The minimum Gasteiger partial charge on any atom is -0.507 e. The Morgan fingerprint density at radius 1 is 1.16 bits per heavy atom. The van der Waals surface area contributed by atoms with Crippen molar-refractivity contribution in [1.29, 1.82) is 5.26 Å². The van der Waals surface area contributed by atoms with Crippen LogP contribution < -0.4 is 16.4 Å². The highest BCUT2D eigenvalue weighted by Crippen LogP contribution is 2.36. The maximum Gasteiger partial charge on any atom is 0.295 e. The number of amides is 2. The molecule has 4 rings (SSSR count). The molecule has 0 aliphatic heterocycles. The Bertz CT molecular complexity index is 1520. The van der Waals surface area contributed by atoms with Gasteiger partial charge in [-0.25, -0.2) is 9.37 Å². The molecule has 4 aromatic rings. The van der Waals surface area contributed by atoms with Crippen molar-refractivity contribution >= 4 is 35.7 Å². The minimum absolute atomic E-state index is 0. The van der Waals surface area contributed by atoms with Gasteiger partial charge in [0.15, 0.2) is 5.82 Å². The number of aromatic nitrogens is 2. The van der Waals surface area contributed by atoms with Crippen molar-refractivity contribution in [1.82, 2.24) is 10.1 Å². The van der Waals surface area contributed by atoms with Crippen LogP contribution in [0.1, 0.15) is 29.5 Å². The van der Waals surface area contributed by atoms with E-state index < -0.39 is 11.7 Å². The van der Waals surface area contributed by atoms with E-state index in [2.05, 4.69) is 26.8 Å². The molecule has 1 atom stereocenters. The highest BCUT2D eigenvalue weighted by molar-refractivity contribution is 6.03. The highest BCUT2D eigenvalue weighted by Gasteiger charge is 2.21. The molecule has 5 N–H and O–H groups in total. The van der Waals surface area contributed by atoms with Gasteiger partial charge >= 0.3 is 0 Å². The Hall–Kier alpha value is -4.79. The average Bonchev–Trinajstić information content (AvgIpc) is 3.38. The zero-order valence-electron chi connectivity index (χ0n) is 19.9. The van der Waals surface area contributed by atoms with Crippen LogP contribution >= 0.6 is 12.4 Å². The van der Waals surface area contributed by atoms with Crippen molar-refractivity contribution in [3.8, 4) is 34.2 Å². The van der Waals surface area contributed by atoms with Crippen LogP contribution in [0, 0.1) is 17.1 Å². The van der Waals surface area contributed by atoms with E-state index in [-0.39, 0.29) is 64.9 Å². The Balaban J connectivity index is 0.00000400. The first-order chi connectivity index (χ1) is 17.7. The molecule has 2 amide bonds. The molecule has 0 spiro atoms. The summed E-state index contributed by atoms with van der Waals surface area (Å²) in [5, 5.41) is 29.2. The van der Waals surface area contributed by atoms with Gasteiger partial charge in [-0.05, 0) is 42.8 Å². The van der Waals surface area contributed by atoms with Crippen molar-refractivity contribution in [3.05, 3.63) is 77.9 Å². The fourth-order valence-electron chi connectivity index (χ4n) is 3.61. The van der Waals surface area contributed by atoms with E-state index in [4.69, 9.17) is 10.3 Å². The number of nitrogens with two attached hydrogens (primary N) is 1. The van der Waals surface area contributed by atoms with Gasteiger partial charge in [-0.2, -0.15) is 5.26 Å². The summed E-state index contributed by atoms with van der Waals surface area (Å²) in [6, 6.07) is 14.7. The van der Waals surface area contributed by atoms with E-state index in [0.717, 1.165) is 12.1 Å². The number of nitriles is 1. The molecule has 0 radical (unpaired) electrons. The molecule has 2 aromatic carbocycles. The molecule has 0 aliphatic rings. The lowest BCUT2D eigenvalue weighted by Crippen LogP contribution is -2.23. The van der Waals surface area contributed by atoms with Gasteiger partial charge in [0, 0.05) is 41.4 Å². The molecule has 38 heavy (non-hydrogen) atoms. The van der Waals surface area contributed by atoms with Gasteiger partial charge in [0.1, 0.15) is 23.2 Å². The van der Waals surface area contributed by atoms with Crippen molar-refractivity contribution in [2.24, 2.45) is 5.73 Å². The van der Waals surface area contributed by atoms with E-state index in [0.29, 0.717) is 16.8 Å². The zero-order valence-corrected chi connectivity index (χ0v) is 20.8. The van der Waals surface area contributed by atoms with Gasteiger partial charge < -0.3 is 26.0 Å². The quantitative estimate of drug-likeness (QED) is 0.268. The lowest BCUT2D eigenvalue weighted by atomic mass is 9.97. The predicted octanol–water partition coefficient (Wildman–Crippen LogP) is 4.47. The molecule has 0 fully saturated rings. The molecule has 10 nitrogen and oxygen atoms in total. The standard InChI is InChI=1S/C26H21FN6O4.ClH/c1-14(29)9-24(35)31-17-4-2-3-15(10-17)19-12-21(18-6-5-16(27)11-22(18)34)32-25(20(19)13-28)33-26(36)23-7-8-30-37-23;/h2-8,10-12,14,34H,9,29H2,1H3,(H,31,35)(H,32,33,36);1H/t14-;/m0./s1. The molecule has 0 unspecified atom stereocenters. The first-order valence-corrected chi connectivity index (χ1v) is 11.1. The Morgan fingerprint density at radius 3 is 2.61 bits per heavy atom. The van der Waals surface area contributed by atoms with Crippen LogP contribution in [-0.4, -0.2) is 33.1 Å². The van der Waals surface area contributed by atoms with Crippen molar-refractivity contribution < 1.29 is 23.6 Å². The average molecular weight is 537 g/mol. The van der Waals surface area contributed by atoms with Crippen LogP contribution in [0.15, 0.2) is 65.3 Å². The summed E-state index contributed by atoms with van der Waals surface area (Å²) < 4.78 is 18.5. The van der Waals surface area contributed by atoms with Crippen molar-refractivity contribution in [2.75, 3.05) is 10.6 Å². The molecule has 12 heteroatoms. The predicted molar refractivity (Wildman–Crippen MR) is 140 cm³/mol. The number of rotatable bonds is 7. The third-order valence-corrected chi connectivity index (χ3v) is 5.23. The van der Waals surface area contributed by atoms with Gasteiger partial charge in [0.05, 0.1) is 11.9 Å². The summed E-state index contributed by atoms with van der Waals surface area (Å²) in [5.74, 6) is -2.24. The second-order valence-electron chi connectivity index (χ2n) is 8.19. The van der Waals surface area contributed by atoms with Crippen molar-refractivity contribution in [3.63, 3.8) is 0 Å². The van der Waals surface area contributed by atoms with Crippen LogP contribution in [0.25, 0.3) is 22.4 Å². The van der Waals surface area contributed by atoms with Crippen LogP contribution in [0.4, 0.5) is 15.9 Å². The van der Waals surface area contributed by atoms with E-state index in [1.807, 2.05) is 0 Å². The molecule has 0 saturated heterocycles. The van der Waals surface area contributed by atoms with E-state index in [1.165, 1.54) is 24.4 Å². The molecule has 0 saturated carbocycles. The summed E-state index contributed by atoms with van der Waals surface area (Å²) in [5.41, 5.74) is 7.35. The summed E-state index contributed by atoms with van der Waals surface area (Å²) in [6.07, 6.45) is 1.41. The molecule has 0 aliphatic carbocycles. The smallest absolute Gasteiger partial charge is 0.295 e. The number of hydrogen-bond donors (Lipinski definition) is 4. The third kappa shape index (κ3) is 6.31. The lowest BCUT2D eigenvalue weighted by molar-refractivity contribution is -0.116. The van der Waals surface area contributed by atoms with Gasteiger partial charge in [-0.15, -0.1) is 12.4 Å². The number of pyridine rings is 1. The topological polar surface area (TPSA) is 167 Å². The van der Waals surface area contributed by atoms with Gasteiger partial charge in [0.25, 0.3) is 5.91 Å². The maximum atomic E-state index is 13.6. The van der Waals surface area contributed by atoms with Gasteiger partial charge in [-0.1, -0.05) is 17.3 Å². The summed E-state index contributed by atoms with van der Waals surface area (Å²) in [6.45, 7) is 1.72. The number of nitrogens with zero attached hydrogens (tertiary/aromatic N) is 3. The molecule has 0 bridgehead atoms. The summed E-state index contributed by atoms with van der Waals surface area (Å²) >= 11 is 0. The summed E-state index contributed by atoms with van der Waals surface area (Å²) in [7, 11) is 0. The fourth-order valence-corrected chi connectivity index (χ4v) is 3.61. The minimum atomic E-state index is -0.704. The molecule has 2 aromatic heterocycles. The van der Waals surface area contributed by atoms with Crippen LogP contribution in [0.2, 0.25) is 0 Å². The largest absolute Gasteiger partial charge is 0.507 e. The van der Waals surface area contributed by atoms with Crippen molar-refractivity contribution in [2.45, 2.75) is 19.4 Å². The number of benzene rings is 2. The number of hydrogen-bond acceptors (Lipinski definition) is 8. The molecule has 194 valence electrons. The molecule has 2 heterocycles. The monoisotopic (exact) mass is 536 g/mol. The SMILES string of the molecule is C[C@H](N)CC(=O)Nc1cccc(-c2cc(-c3ccc(F)cc3O)nc(NC(=O)c3ccno3)c2C#N)c1.Cl. The molecular weight excluding hydrogens is 515 g/mol. The number of halogens is 2. The second-order valence-corrected chi connectivity index (χ2v) is 8.19. The Labute approximate surface area is 222 Å². The lowest BCUT2D eigenvalue weighted by Gasteiger charge is -2.15. The van der Waals surface area contributed by atoms with E-state index in [1.54, 1.807) is 31.2 Å². The summed E-state index contributed by atoms with van der Waals surface area (Å²) in [4.78, 5) is 29.2. The number of anilines is 2. The number of phenols is 1. The first-order valence-electron chi connectivity index (χ1n) is 11.1. The molecular formula is C26H22ClFN6O4. The number of nitrogens with one attached hydrogen (secondary N) is 2. The third-order valence-electron chi connectivity index (χ3n) is 5.23. The second kappa shape index (κ2) is 12.0. The highest BCUT2D eigenvalue weighted by atomic mass is 35.5. The van der Waals surface area contributed by atoms with Gasteiger partial charge in [-0.3, -0.25) is 9.59 Å². The number of phenolic OH excluding ortho intramolecular Hbond substituents is 1.